The molecule has 1 atom stereocenters. The highest BCUT2D eigenvalue weighted by atomic mass is 35.5. The lowest BCUT2D eigenvalue weighted by Crippen LogP contribution is -2.56. The lowest BCUT2D eigenvalue weighted by atomic mass is 10.0. The van der Waals surface area contributed by atoms with Crippen LogP contribution in [0.15, 0.2) is 12.3 Å². The number of sulfone groups is 1. The molecule has 0 saturated carbocycles. The molecule has 3 rings (SSSR count). The highest BCUT2D eigenvalue weighted by Crippen LogP contribution is 2.25. The third kappa shape index (κ3) is 4.87. The van der Waals surface area contributed by atoms with Gasteiger partial charge in [-0.2, -0.15) is 0 Å². The Balaban J connectivity index is 0.00000341. The summed E-state index contributed by atoms with van der Waals surface area (Å²) in [6.07, 6.45) is 2.32. The lowest BCUT2D eigenvalue weighted by Gasteiger charge is -2.32. The molecule has 0 aromatic carbocycles. The van der Waals surface area contributed by atoms with Gasteiger partial charge in [0.1, 0.15) is 5.54 Å². The molecule has 4 N–H and O–H groups in total. The highest BCUT2D eigenvalue weighted by molar-refractivity contribution is 7.92. The molecule has 1 saturated heterocycles. The minimum absolute atomic E-state index is 0. The van der Waals surface area contributed by atoms with E-state index in [9.17, 15) is 18.0 Å². The average Bonchev–Trinajstić information content (AvgIpc) is 3.19. The van der Waals surface area contributed by atoms with Gasteiger partial charge in [0, 0.05) is 30.3 Å². The number of carbonyl (C=O) groups is 2. The van der Waals surface area contributed by atoms with Gasteiger partial charge >= 0.3 is 6.03 Å². The van der Waals surface area contributed by atoms with Crippen LogP contribution in [0.25, 0.3) is 0 Å². The molecule has 2 aliphatic heterocycles. The maximum atomic E-state index is 12.6. The fourth-order valence-corrected chi connectivity index (χ4v) is 3.90. The molecule has 2 amide bonds. The standard InChI is InChI=1S/C19H22N4O6S.ClH/c1-18(16(24)21-26,30(2,27)28)7-8-22-11-15-9-14(10-23(15)17(22)25)5-3-4-6-19(20)12-29-13-19;/h9-10,26H,7-8,11-13,20H2,1-2H3,(H,21,24);1H/t18-;/m1./s1. The fourth-order valence-electron chi connectivity index (χ4n) is 3.05. The summed E-state index contributed by atoms with van der Waals surface area (Å²) in [6.45, 7) is 2.24. The maximum absolute atomic E-state index is 12.6. The van der Waals surface area contributed by atoms with E-state index in [1.807, 2.05) is 0 Å². The molecule has 1 aromatic rings. The summed E-state index contributed by atoms with van der Waals surface area (Å²) >= 11 is 0. The third-order valence-corrected chi connectivity index (χ3v) is 7.31. The van der Waals surface area contributed by atoms with Crippen LogP contribution in [0.4, 0.5) is 4.79 Å². The molecule has 0 spiro atoms. The van der Waals surface area contributed by atoms with Gasteiger partial charge in [-0.3, -0.25) is 14.6 Å². The van der Waals surface area contributed by atoms with Gasteiger partial charge in [0.25, 0.3) is 5.91 Å². The molecule has 31 heavy (non-hydrogen) atoms. The quantitative estimate of drug-likeness (QED) is 0.298. The Kier molecular flexibility index (Phi) is 7.10. The number of amides is 2. The van der Waals surface area contributed by atoms with Crippen LogP contribution in [0.2, 0.25) is 0 Å². The van der Waals surface area contributed by atoms with E-state index >= 15 is 0 Å². The van der Waals surface area contributed by atoms with Crippen molar-refractivity contribution in [1.29, 1.82) is 0 Å². The molecule has 1 fully saturated rings. The Labute approximate surface area is 186 Å². The maximum Gasteiger partial charge on any atom is 0.328 e. The Hall–Kier alpha value is -2.54. The number of nitrogens with two attached hydrogens (primary N) is 1. The van der Waals surface area contributed by atoms with Crippen LogP contribution in [0, 0.1) is 23.7 Å². The molecular weight excluding hydrogens is 448 g/mol. The number of nitrogens with zero attached hydrogens (tertiary/aromatic N) is 2. The Morgan fingerprint density at radius 3 is 2.61 bits per heavy atom. The number of halogens is 1. The van der Waals surface area contributed by atoms with Crippen LogP contribution in [0.5, 0.6) is 0 Å². The summed E-state index contributed by atoms with van der Waals surface area (Å²) in [5.41, 5.74) is 7.95. The molecule has 10 nitrogen and oxygen atoms in total. The summed E-state index contributed by atoms with van der Waals surface area (Å²) in [5.74, 6) is 10.0. The van der Waals surface area contributed by atoms with Crippen molar-refractivity contribution in [3.63, 3.8) is 0 Å². The second-order valence-electron chi connectivity index (χ2n) is 7.64. The van der Waals surface area contributed by atoms with Crippen molar-refractivity contribution in [2.75, 3.05) is 26.0 Å². The molecule has 2 aliphatic rings. The number of carbonyl (C=O) groups excluding carboxylic acids is 2. The molecule has 168 valence electrons. The molecule has 0 aliphatic carbocycles. The van der Waals surface area contributed by atoms with Crippen LogP contribution < -0.4 is 11.2 Å². The van der Waals surface area contributed by atoms with Crippen LogP contribution in [-0.4, -0.2) is 71.3 Å². The van der Waals surface area contributed by atoms with Gasteiger partial charge in [0.15, 0.2) is 14.6 Å². The summed E-state index contributed by atoms with van der Waals surface area (Å²) < 4.78 is 28.6. The van der Waals surface area contributed by atoms with Gasteiger partial charge in [-0.15, -0.1) is 12.4 Å². The van der Waals surface area contributed by atoms with Crippen LogP contribution in [-0.2, 0) is 25.9 Å². The Bertz CT molecular complexity index is 1120. The topological polar surface area (TPSA) is 144 Å². The first-order valence-electron chi connectivity index (χ1n) is 9.04. The minimum atomic E-state index is -3.83. The molecule has 0 radical (unpaired) electrons. The van der Waals surface area contributed by atoms with Crippen LogP contribution in [0.3, 0.4) is 0 Å². The van der Waals surface area contributed by atoms with Crippen molar-refractivity contribution in [2.45, 2.75) is 30.2 Å². The SMILES string of the molecule is C[C@@](CCN1Cc2cc(C#CC#CC3(N)COC3)cn2C1=O)(C(=O)NO)S(C)(=O)=O.Cl. The van der Waals surface area contributed by atoms with Crippen molar-refractivity contribution in [2.24, 2.45) is 5.73 Å². The number of nitrogens with one attached hydrogen (secondary N) is 1. The first kappa shape index (κ1) is 24.7. The fraction of sp³-hybridized carbons (Fsp3) is 0.474. The first-order valence-corrected chi connectivity index (χ1v) is 10.9. The number of hydroxylamine groups is 1. The van der Waals surface area contributed by atoms with E-state index in [0.29, 0.717) is 24.5 Å². The summed E-state index contributed by atoms with van der Waals surface area (Å²) in [7, 11) is -3.83. The molecule has 0 bridgehead atoms. The normalized spacial score (nSPS) is 18.2. The zero-order chi connectivity index (χ0) is 22.2. The van der Waals surface area contributed by atoms with Gasteiger partial charge in [-0.1, -0.05) is 11.8 Å². The number of hydrogen-bond acceptors (Lipinski definition) is 7. The third-order valence-electron chi connectivity index (χ3n) is 5.29. The van der Waals surface area contributed by atoms with Crippen molar-refractivity contribution >= 4 is 34.2 Å². The van der Waals surface area contributed by atoms with E-state index in [0.717, 1.165) is 6.26 Å². The van der Waals surface area contributed by atoms with Gasteiger partial charge in [0.05, 0.1) is 19.8 Å². The highest BCUT2D eigenvalue weighted by Gasteiger charge is 2.44. The number of ether oxygens (including phenoxy) is 1. The lowest BCUT2D eigenvalue weighted by molar-refractivity contribution is -0.131. The van der Waals surface area contributed by atoms with E-state index in [1.54, 1.807) is 12.3 Å². The molecule has 1 aromatic heterocycles. The van der Waals surface area contributed by atoms with Crippen molar-refractivity contribution in [3.8, 4) is 23.7 Å². The molecule has 12 heteroatoms. The summed E-state index contributed by atoms with van der Waals surface area (Å²) in [4.78, 5) is 25.9. The molecule has 3 heterocycles. The monoisotopic (exact) mass is 470 g/mol. The van der Waals surface area contributed by atoms with Gasteiger partial charge in [0.2, 0.25) is 0 Å². The van der Waals surface area contributed by atoms with E-state index in [2.05, 4.69) is 23.7 Å². The summed E-state index contributed by atoms with van der Waals surface area (Å²) in [5, 5.41) is 8.88. The van der Waals surface area contributed by atoms with E-state index in [-0.39, 0.29) is 37.9 Å². The van der Waals surface area contributed by atoms with Gasteiger partial charge in [-0.25, -0.2) is 18.7 Å². The zero-order valence-corrected chi connectivity index (χ0v) is 18.6. The number of rotatable bonds is 5. The average molecular weight is 471 g/mol. The summed E-state index contributed by atoms with van der Waals surface area (Å²) in [6, 6.07) is 1.39. The largest absolute Gasteiger partial charge is 0.375 e. The van der Waals surface area contributed by atoms with Crippen molar-refractivity contribution < 1.29 is 28.0 Å². The first-order chi connectivity index (χ1) is 14.0. The second-order valence-corrected chi connectivity index (χ2v) is 10.1. The Morgan fingerprint density at radius 2 is 2.10 bits per heavy atom. The van der Waals surface area contributed by atoms with Gasteiger partial charge < -0.3 is 15.4 Å². The van der Waals surface area contributed by atoms with E-state index < -0.39 is 26.0 Å². The van der Waals surface area contributed by atoms with Gasteiger partial charge in [-0.05, 0) is 31.3 Å². The molecule has 0 unspecified atom stereocenters. The number of hydrogen-bond donors (Lipinski definition) is 3. The minimum Gasteiger partial charge on any atom is -0.375 e. The van der Waals surface area contributed by atoms with E-state index in [4.69, 9.17) is 15.7 Å². The van der Waals surface area contributed by atoms with Crippen LogP contribution in [0.1, 0.15) is 24.6 Å². The zero-order valence-electron chi connectivity index (χ0n) is 17.0. The predicted molar refractivity (Wildman–Crippen MR) is 113 cm³/mol. The van der Waals surface area contributed by atoms with Crippen molar-refractivity contribution in [3.05, 3.63) is 23.5 Å². The van der Waals surface area contributed by atoms with E-state index in [1.165, 1.54) is 21.9 Å². The molecular formula is C19H23ClN4O6S. The Morgan fingerprint density at radius 1 is 1.42 bits per heavy atom. The number of aromatic nitrogens is 1. The second kappa shape index (κ2) is 8.91. The number of fused-ring (bicyclic) bond motifs is 1. The predicted octanol–water partition coefficient (Wildman–Crippen LogP) is -0.525. The van der Waals surface area contributed by atoms with Crippen molar-refractivity contribution in [1.82, 2.24) is 14.9 Å². The smallest absolute Gasteiger partial charge is 0.328 e. The van der Waals surface area contributed by atoms with Crippen LogP contribution >= 0.6 is 12.4 Å².